The fourth-order valence-corrected chi connectivity index (χ4v) is 2.35. The lowest BCUT2D eigenvalue weighted by molar-refractivity contribution is 0.475. The fourth-order valence-electron chi connectivity index (χ4n) is 1.94. The van der Waals surface area contributed by atoms with E-state index in [0.29, 0.717) is 17.2 Å². The van der Waals surface area contributed by atoms with E-state index < -0.39 is 0 Å². The molecule has 0 saturated heterocycles. The molecule has 0 bridgehead atoms. The van der Waals surface area contributed by atoms with Gasteiger partial charge in [0, 0.05) is 27.8 Å². The zero-order valence-corrected chi connectivity index (χ0v) is 14.6. The first-order valence-corrected chi connectivity index (χ1v) is 8.04. The molecule has 0 saturated carbocycles. The topological polar surface area (TPSA) is 56.7 Å². The minimum atomic E-state index is -0.293. The van der Waals surface area contributed by atoms with Crippen LogP contribution in [0.1, 0.15) is 19.4 Å². The van der Waals surface area contributed by atoms with E-state index in [0.717, 1.165) is 4.47 Å². The van der Waals surface area contributed by atoms with Gasteiger partial charge >= 0.3 is 0 Å². The Morgan fingerprint density at radius 2 is 2.04 bits per heavy atom. The van der Waals surface area contributed by atoms with Crippen LogP contribution in [-0.2, 0) is 6.54 Å². The molecule has 0 spiro atoms. The molecule has 0 aliphatic heterocycles. The molecule has 2 rings (SSSR count). The molecule has 6 heteroatoms. The van der Waals surface area contributed by atoms with Crippen LogP contribution >= 0.6 is 15.9 Å². The van der Waals surface area contributed by atoms with E-state index in [4.69, 9.17) is 0 Å². The first kappa shape index (κ1) is 17.3. The van der Waals surface area contributed by atoms with Crippen LogP contribution < -0.4 is 10.6 Å². The molecule has 23 heavy (non-hydrogen) atoms. The van der Waals surface area contributed by atoms with Crippen LogP contribution in [0, 0.1) is 5.82 Å². The molecule has 122 valence electrons. The molecule has 0 unspecified atom stereocenters. The summed E-state index contributed by atoms with van der Waals surface area (Å²) in [5, 5.41) is 15.8. The van der Waals surface area contributed by atoms with E-state index in [-0.39, 0.29) is 24.2 Å². The molecule has 0 aliphatic rings. The van der Waals surface area contributed by atoms with Crippen molar-refractivity contribution in [3.05, 3.63) is 58.3 Å². The third kappa shape index (κ3) is 5.56. The van der Waals surface area contributed by atoms with Crippen molar-refractivity contribution in [3.63, 3.8) is 0 Å². The molecular weight excluding hydrogens is 361 g/mol. The summed E-state index contributed by atoms with van der Waals surface area (Å²) < 4.78 is 14.6. The number of aliphatic imine (C=N–C) groups is 1. The van der Waals surface area contributed by atoms with Gasteiger partial charge in [0.1, 0.15) is 11.6 Å². The molecule has 0 fully saturated rings. The lowest BCUT2D eigenvalue weighted by Gasteiger charge is -2.15. The Balaban J connectivity index is 2.18. The number of anilines is 1. The Bertz CT molecular complexity index is 704. The lowest BCUT2D eigenvalue weighted by Crippen LogP contribution is -2.36. The SMILES string of the molecule is CC(C)NC(=NCc1cc(Br)ccc1F)Nc1cccc(O)c1. The summed E-state index contributed by atoms with van der Waals surface area (Å²) in [5.41, 5.74) is 1.20. The molecule has 2 aromatic rings. The number of benzene rings is 2. The fraction of sp³-hybridized carbons (Fsp3) is 0.235. The molecule has 4 nitrogen and oxygen atoms in total. The number of phenols is 1. The van der Waals surface area contributed by atoms with Crippen molar-refractivity contribution in [3.8, 4) is 5.75 Å². The number of guanidine groups is 1. The summed E-state index contributed by atoms with van der Waals surface area (Å²) >= 11 is 3.33. The van der Waals surface area contributed by atoms with E-state index in [1.165, 1.54) is 6.07 Å². The smallest absolute Gasteiger partial charge is 0.196 e. The average molecular weight is 380 g/mol. The minimum Gasteiger partial charge on any atom is -0.508 e. The third-order valence-corrected chi connectivity index (χ3v) is 3.44. The zero-order chi connectivity index (χ0) is 16.8. The predicted octanol–water partition coefficient (Wildman–Crippen LogP) is 4.26. The summed E-state index contributed by atoms with van der Waals surface area (Å²) in [6.45, 7) is 4.17. The Kier molecular flexibility index (Phi) is 5.98. The van der Waals surface area contributed by atoms with Crippen LogP contribution in [0.25, 0.3) is 0 Å². The van der Waals surface area contributed by atoms with Gasteiger partial charge in [-0.25, -0.2) is 9.38 Å². The first-order chi connectivity index (χ1) is 10.9. The predicted molar refractivity (Wildman–Crippen MR) is 95.2 cm³/mol. The van der Waals surface area contributed by atoms with Crippen LogP contribution in [0.3, 0.4) is 0 Å². The Morgan fingerprint density at radius 3 is 2.74 bits per heavy atom. The van der Waals surface area contributed by atoms with Crippen LogP contribution in [-0.4, -0.2) is 17.1 Å². The molecule has 0 aromatic heterocycles. The summed E-state index contributed by atoms with van der Waals surface area (Å²) in [6, 6.07) is 11.7. The second kappa shape index (κ2) is 7.97. The van der Waals surface area contributed by atoms with Gasteiger partial charge in [-0.05, 0) is 44.2 Å². The lowest BCUT2D eigenvalue weighted by atomic mass is 10.2. The van der Waals surface area contributed by atoms with E-state index in [9.17, 15) is 9.50 Å². The standard InChI is InChI=1S/C17H19BrFN3O/c1-11(2)21-17(22-14-4-3-5-15(23)9-14)20-10-12-8-13(18)6-7-16(12)19/h3-9,11,23H,10H2,1-2H3,(H2,20,21,22). The van der Waals surface area contributed by atoms with E-state index in [2.05, 4.69) is 31.6 Å². The second-order valence-corrected chi connectivity index (χ2v) is 6.29. The minimum absolute atomic E-state index is 0.158. The van der Waals surface area contributed by atoms with Crippen LogP contribution in [0.2, 0.25) is 0 Å². The maximum absolute atomic E-state index is 13.8. The number of hydrogen-bond acceptors (Lipinski definition) is 2. The van der Waals surface area contributed by atoms with Crippen molar-refractivity contribution >= 4 is 27.6 Å². The normalized spacial score (nSPS) is 11.6. The van der Waals surface area contributed by atoms with E-state index in [1.54, 1.807) is 30.3 Å². The molecule has 0 atom stereocenters. The van der Waals surface area contributed by atoms with Gasteiger partial charge < -0.3 is 15.7 Å². The second-order valence-electron chi connectivity index (χ2n) is 5.37. The van der Waals surface area contributed by atoms with Crippen molar-refractivity contribution in [2.45, 2.75) is 26.4 Å². The van der Waals surface area contributed by atoms with Crippen molar-refractivity contribution in [2.24, 2.45) is 4.99 Å². The van der Waals surface area contributed by atoms with E-state index >= 15 is 0 Å². The van der Waals surface area contributed by atoms with Crippen LogP contribution in [0.15, 0.2) is 51.9 Å². The van der Waals surface area contributed by atoms with Gasteiger partial charge in [-0.15, -0.1) is 0 Å². The van der Waals surface area contributed by atoms with Gasteiger partial charge in [-0.1, -0.05) is 22.0 Å². The van der Waals surface area contributed by atoms with Gasteiger partial charge in [-0.3, -0.25) is 0 Å². The maximum Gasteiger partial charge on any atom is 0.196 e. The first-order valence-electron chi connectivity index (χ1n) is 7.25. The number of rotatable bonds is 4. The molecule has 0 heterocycles. The average Bonchev–Trinajstić information content (AvgIpc) is 2.47. The molecule has 0 amide bonds. The van der Waals surface area contributed by atoms with Crippen molar-refractivity contribution in [2.75, 3.05) is 5.32 Å². The highest BCUT2D eigenvalue weighted by Gasteiger charge is 2.06. The molecule has 3 N–H and O–H groups in total. The zero-order valence-electron chi connectivity index (χ0n) is 13.0. The van der Waals surface area contributed by atoms with Gasteiger partial charge in [0.2, 0.25) is 0 Å². The van der Waals surface area contributed by atoms with E-state index in [1.807, 2.05) is 19.9 Å². The highest BCUT2D eigenvalue weighted by atomic mass is 79.9. The Morgan fingerprint density at radius 1 is 1.26 bits per heavy atom. The van der Waals surface area contributed by atoms with Gasteiger partial charge in [0.15, 0.2) is 5.96 Å². The van der Waals surface area contributed by atoms with Crippen molar-refractivity contribution in [1.29, 1.82) is 0 Å². The van der Waals surface area contributed by atoms with Crippen molar-refractivity contribution in [1.82, 2.24) is 5.32 Å². The summed E-state index contributed by atoms with van der Waals surface area (Å²) in [7, 11) is 0. The Hall–Kier alpha value is -2.08. The number of nitrogens with zero attached hydrogens (tertiary/aromatic N) is 1. The number of nitrogens with one attached hydrogen (secondary N) is 2. The number of aromatic hydroxyl groups is 1. The molecule has 0 radical (unpaired) electrons. The molecular formula is C17H19BrFN3O. The van der Waals surface area contributed by atoms with Gasteiger partial charge in [0.25, 0.3) is 0 Å². The summed E-state index contributed by atoms with van der Waals surface area (Å²) in [6.07, 6.45) is 0. The number of hydrogen-bond donors (Lipinski definition) is 3. The van der Waals surface area contributed by atoms with Crippen LogP contribution in [0.4, 0.5) is 10.1 Å². The van der Waals surface area contributed by atoms with Gasteiger partial charge in [-0.2, -0.15) is 0 Å². The van der Waals surface area contributed by atoms with Crippen molar-refractivity contribution < 1.29 is 9.50 Å². The van der Waals surface area contributed by atoms with Gasteiger partial charge in [0.05, 0.1) is 6.54 Å². The highest BCUT2D eigenvalue weighted by Crippen LogP contribution is 2.17. The quantitative estimate of drug-likeness (QED) is 0.549. The number of halogens is 2. The summed E-state index contributed by atoms with van der Waals surface area (Å²) in [5.74, 6) is 0.389. The third-order valence-electron chi connectivity index (χ3n) is 2.95. The maximum atomic E-state index is 13.8. The largest absolute Gasteiger partial charge is 0.508 e. The molecule has 0 aliphatic carbocycles. The van der Waals surface area contributed by atoms with Crippen LogP contribution in [0.5, 0.6) is 5.75 Å². The monoisotopic (exact) mass is 379 g/mol. The molecule has 2 aromatic carbocycles. The summed E-state index contributed by atoms with van der Waals surface area (Å²) in [4.78, 5) is 4.41. The number of phenolic OH excluding ortho intramolecular Hbond substituents is 1. The Labute approximate surface area is 143 Å². The highest BCUT2D eigenvalue weighted by molar-refractivity contribution is 9.10.